The molecule has 0 aliphatic rings. The summed E-state index contributed by atoms with van der Waals surface area (Å²) in [5, 5.41) is 7.43. The molecule has 2 amide bonds. The van der Waals surface area contributed by atoms with Crippen LogP contribution in [0.3, 0.4) is 0 Å². The predicted molar refractivity (Wildman–Crippen MR) is 74.5 cm³/mol. The second kappa shape index (κ2) is 6.71. The number of carbonyl (C=O) groups is 2. The van der Waals surface area contributed by atoms with E-state index in [0.717, 1.165) is 0 Å². The number of nitrogens with zero attached hydrogens (tertiary/aromatic N) is 3. The summed E-state index contributed by atoms with van der Waals surface area (Å²) < 4.78 is 0. The van der Waals surface area contributed by atoms with Crippen LogP contribution in [0.5, 0.6) is 0 Å². The minimum Gasteiger partial charge on any atom is -0.356 e. The molecule has 0 saturated heterocycles. The number of carbonyl (C=O) groups excluding carboxylic acids is 2. The van der Waals surface area contributed by atoms with Crippen LogP contribution in [0.4, 0.5) is 5.13 Å². The lowest BCUT2D eigenvalue weighted by molar-refractivity contribution is -0.120. The van der Waals surface area contributed by atoms with E-state index in [1.807, 2.05) is 6.92 Å². The maximum atomic E-state index is 11.8. The molecule has 2 aromatic rings. The van der Waals surface area contributed by atoms with E-state index in [2.05, 4.69) is 25.6 Å². The Morgan fingerprint density at radius 1 is 1.30 bits per heavy atom. The summed E-state index contributed by atoms with van der Waals surface area (Å²) in [5.41, 5.74) is 0.616. The minimum absolute atomic E-state index is 0.0768. The molecule has 8 heteroatoms. The Morgan fingerprint density at radius 3 is 2.75 bits per heavy atom. The molecular formula is C12H13N5O2S. The van der Waals surface area contributed by atoms with Gasteiger partial charge in [0, 0.05) is 24.3 Å². The molecule has 20 heavy (non-hydrogen) atoms. The summed E-state index contributed by atoms with van der Waals surface area (Å²) in [7, 11) is 0. The smallest absolute Gasteiger partial charge is 0.295 e. The van der Waals surface area contributed by atoms with E-state index in [9.17, 15) is 9.59 Å². The SMILES string of the molecule is CCNC(=O)Cc1csc(NC(=O)c2ncccn2)n1. The largest absolute Gasteiger partial charge is 0.356 e. The van der Waals surface area contributed by atoms with Crippen molar-refractivity contribution < 1.29 is 9.59 Å². The van der Waals surface area contributed by atoms with Crippen LogP contribution in [0.15, 0.2) is 23.8 Å². The Kier molecular flexibility index (Phi) is 4.72. The maximum Gasteiger partial charge on any atom is 0.295 e. The molecule has 0 radical (unpaired) electrons. The topological polar surface area (TPSA) is 96.9 Å². The van der Waals surface area contributed by atoms with Gasteiger partial charge in [-0.3, -0.25) is 14.9 Å². The molecule has 0 fully saturated rings. The molecule has 0 spiro atoms. The van der Waals surface area contributed by atoms with Crippen LogP contribution in [0.2, 0.25) is 0 Å². The third-order valence-corrected chi connectivity index (χ3v) is 3.06. The highest BCUT2D eigenvalue weighted by molar-refractivity contribution is 7.14. The van der Waals surface area contributed by atoms with E-state index in [4.69, 9.17) is 0 Å². The van der Waals surface area contributed by atoms with Gasteiger partial charge in [-0.15, -0.1) is 11.3 Å². The number of rotatable bonds is 5. The number of hydrogen-bond donors (Lipinski definition) is 2. The summed E-state index contributed by atoms with van der Waals surface area (Å²) in [5.74, 6) is -0.445. The summed E-state index contributed by atoms with van der Waals surface area (Å²) in [6, 6.07) is 1.63. The normalized spacial score (nSPS) is 10.1. The van der Waals surface area contributed by atoms with E-state index < -0.39 is 5.91 Å². The zero-order valence-electron chi connectivity index (χ0n) is 10.8. The lowest BCUT2D eigenvalue weighted by atomic mass is 10.3. The molecule has 2 aromatic heterocycles. The molecule has 2 heterocycles. The lowest BCUT2D eigenvalue weighted by Crippen LogP contribution is -2.24. The highest BCUT2D eigenvalue weighted by Gasteiger charge is 2.12. The molecule has 104 valence electrons. The summed E-state index contributed by atoms with van der Waals surface area (Å²) >= 11 is 1.25. The van der Waals surface area contributed by atoms with Crippen LogP contribution in [0, 0.1) is 0 Å². The fraction of sp³-hybridized carbons (Fsp3) is 0.250. The molecule has 2 N–H and O–H groups in total. The summed E-state index contributed by atoms with van der Waals surface area (Å²) in [4.78, 5) is 35.1. The first kappa shape index (κ1) is 14.1. The fourth-order valence-electron chi connectivity index (χ4n) is 1.44. The number of anilines is 1. The molecular weight excluding hydrogens is 278 g/mol. The number of nitrogens with one attached hydrogen (secondary N) is 2. The number of likely N-dealkylation sites (N-methyl/N-ethyl adjacent to an activating group) is 1. The van der Waals surface area contributed by atoms with Crippen molar-refractivity contribution in [3.63, 3.8) is 0 Å². The Bertz CT molecular complexity index is 599. The highest BCUT2D eigenvalue weighted by atomic mass is 32.1. The van der Waals surface area contributed by atoms with E-state index in [1.54, 1.807) is 11.4 Å². The van der Waals surface area contributed by atoms with Crippen LogP contribution in [0.25, 0.3) is 0 Å². The number of aromatic nitrogens is 3. The molecule has 0 unspecified atom stereocenters. The highest BCUT2D eigenvalue weighted by Crippen LogP contribution is 2.16. The van der Waals surface area contributed by atoms with Gasteiger partial charge in [0.2, 0.25) is 11.7 Å². The molecule has 0 bridgehead atoms. The predicted octanol–water partition coefficient (Wildman–Crippen LogP) is 0.864. The number of hydrogen-bond acceptors (Lipinski definition) is 6. The van der Waals surface area contributed by atoms with Crippen molar-refractivity contribution in [3.05, 3.63) is 35.4 Å². The van der Waals surface area contributed by atoms with Crippen LogP contribution < -0.4 is 10.6 Å². The fourth-order valence-corrected chi connectivity index (χ4v) is 2.14. The van der Waals surface area contributed by atoms with Gasteiger partial charge in [-0.2, -0.15) is 0 Å². The average molecular weight is 291 g/mol. The molecule has 0 aromatic carbocycles. The van der Waals surface area contributed by atoms with Crippen molar-refractivity contribution in [2.45, 2.75) is 13.3 Å². The third kappa shape index (κ3) is 3.82. The number of thiazole rings is 1. The van der Waals surface area contributed by atoms with Gasteiger partial charge in [0.05, 0.1) is 12.1 Å². The van der Waals surface area contributed by atoms with Gasteiger partial charge >= 0.3 is 0 Å². The first-order chi connectivity index (χ1) is 9.69. The van der Waals surface area contributed by atoms with Gasteiger partial charge in [0.15, 0.2) is 5.13 Å². The quantitative estimate of drug-likeness (QED) is 0.851. The number of amides is 2. The van der Waals surface area contributed by atoms with Crippen LogP contribution in [-0.2, 0) is 11.2 Å². The molecule has 0 aliphatic heterocycles. The van der Waals surface area contributed by atoms with Gasteiger partial charge in [0.1, 0.15) is 0 Å². The molecule has 7 nitrogen and oxygen atoms in total. The standard InChI is InChI=1S/C12H13N5O2S/c1-2-13-9(18)6-8-7-20-12(16-8)17-11(19)10-14-4-3-5-15-10/h3-5,7H,2,6H2,1H3,(H,13,18)(H,16,17,19). The Labute approximate surface area is 119 Å². The van der Waals surface area contributed by atoms with Crippen molar-refractivity contribution in [1.82, 2.24) is 20.3 Å². The van der Waals surface area contributed by atoms with Crippen molar-refractivity contribution in [2.75, 3.05) is 11.9 Å². The second-order valence-corrected chi connectivity index (χ2v) is 4.66. The molecule has 0 aliphatic carbocycles. The zero-order valence-corrected chi connectivity index (χ0v) is 11.6. The first-order valence-corrected chi connectivity index (χ1v) is 6.86. The van der Waals surface area contributed by atoms with Crippen molar-refractivity contribution in [1.29, 1.82) is 0 Å². The van der Waals surface area contributed by atoms with Gasteiger partial charge in [-0.1, -0.05) is 0 Å². The third-order valence-electron chi connectivity index (χ3n) is 2.26. The van der Waals surface area contributed by atoms with Crippen molar-refractivity contribution >= 4 is 28.3 Å². The van der Waals surface area contributed by atoms with E-state index >= 15 is 0 Å². The minimum atomic E-state index is -0.426. The van der Waals surface area contributed by atoms with Crippen LogP contribution in [-0.4, -0.2) is 33.3 Å². The van der Waals surface area contributed by atoms with Crippen molar-refractivity contribution in [2.24, 2.45) is 0 Å². The zero-order chi connectivity index (χ0) is 14.4. The first-order valence-electron chi connectivity index (χ1n) is 5.98. The van der Waals surface area contributed by atoms with Gasteiger partial charge in [-0.25, -0.2) is 15.0 Å². The Morgan fingerprint density at radius 2 is 2.05 bits per heavy atom. The van der Waals surface area contributed by atoms with Crippen LogP contribution in [0.1, 0.15) is 23.2 Å². The lowest BCUT2D eigenvalue weighted by Gasteiger charge is -1.99. The van der Waals surface area contributed by atoms with Gasteiger partial charge < -0.3 is 5.32 Å². The Balaban J connectivity index is 1.96. The van der Waals surface area contributed by atoms with Crippen LogP contribution >= 0.6 is 11.3 Å². The van der Waals surface area contributed by atoms with Gasteiger partial charge in [-0.05, 0) is 13.0 Å². The molecule has 0 atom stereocenters. The molecule has 0 saturated carbocycles. The summed E-state index contributed by atoms with van der Waals surface area (Å²) in [6.07, 6.45) is 3.18. The summed E-state index contributed by atoms with van der Waals surface area (Å²) in [6.45, 7) is 2.43. The van der Waals surface area contributed by atoms with Gasteiger partial charge in [0.25, 0.3) is 5.91 Å². The molecule has 2 rings (SSSR count). The monoisotopic (exact) mass is 291 g/mol. The van der Waals surface area contributed by atoms with E-state index in [-0.39, 0.29) is 18.2 Å². The van der Waals surface area contributed by atoms with Crippen molar-refractivity contribution in [3.8, 4) is 0 Å². The second-order valence-electron chi connectivity index (χ2n) is 3.80. The van der Waals surface area contributed by atoms with E-state index in [1.165, 1.54) is 23.7 Å². The van der Waals surface area contributed by atoms with E-state index in [0.29, 0.717) is 17.4 Å². The maximum absolute atomic E-state index is 11.8. The Hall–Kier alpha value is -2.35. The average Bonchev–Trinajstić information content (AvgIpc) is 2.87.